The highest BCUT2D eigenvalue weighted by molar-refractivity contribution is 6.02. The maximum absolute atomic E-state index is 13.6. The van der Waals surface area contributed by atoms with Crippen LogP contribution in [0.25, 0.3) is 11.1 Å². The number of aryl methyl sites for hydroxylation is 1. The van der Waals surface area contributed by atoms with Gasteiger partial charge in [-0.3, -0.25) is 9.69 Å². The van der Waals surface area contributed by atoms with Crippen LogP contribution in [0.2, 0.25) is 0 Å². The van der Waals surface area contributed by atoms with E-state index >= 15 is 0 Å². The number of piperazine rings is 1. The summed E-state index contributed by atoms with van der Waals surface area (Å²) in [6.45, 7) is 7.77. The number of hydrogen-bond acceptors (Lipinski definition) is 4. The summed E-state index contributed by atoms with van der Waals surface area (Å²) in [5.41, 5.74) is -0.763. The maximum Gasteiger partial charge on any atom is 0.416 e. The van der Waals surface area contributed by atoms with Gasteiger partial charge in [0, 0.05) is 45.2 Å². The highest BCUT2D eigenvalue weighted by Gasteiger charge is 2.37. The van der Waals surface area contributed by atoms with Crippen LogP contribution in [0.15, 0.2) is 48.5 Å². The maximum atomic E-state index is 13.6. The molecule has 3 aromatic rings. The van der Waals surface area contributed by atoms with Gasteiger partial charge in [-0.05, 0) is 60.8 Å². The number of anilines is 1. The third-order valence-electron chi connectivity index (χ3n) is 7.23. The molecular formula is C30H32F6N4O. The molecule has 0 radical (unpaired) electrons. The Morgan fingerprint density at radius 3 is 2.05 bits per heavy atom. The van der Waals surface area contributed by atoms with Gasteiger partial charge in [-0.25, -0.2) is 4.98 Å². The molecule has 0 spiro atoms. The molecule has 1 amide bonds. The first kappa shape index (κ1) is 30.4. The summed E-state index contributed by atoms with van der Waals surface area (Å²) < 4.78 is 81.6. The molecule has 5 nitrogen and oxygen atoms in total. The zero-order valence-corrected chi connectivity index (χ0v) is 23.1. The number of alkyl halides is 6. The number of amides is 1. The fourth-order valence-corrected chi connectivity index (χ4v) is 5.17. The standard InChI is InChI=1S/C30H32F6N4O/c1-4-9-39-10-12-40(13-11-39)26-18-24(23-8-6-5-7-19(23)2)27(28(41)37-3)25(38-26)16-20-14-21(29(31,32)33)17-22(15-20)30(34,35)36/h5-8,14-15,17-18H,4,9-13,16H2,1-3H3,(H,37,41). The first-order valence-electron chi connectivity index (χ1n) is 13.4. The number of rotatable bonds is 7. The van der Waals surface area contributed by atoms with Crippen LogP contribution in [0.1, 0.15) is 51.7 Å². The summed E-state index contributed by atoms with van der Waals surface area (Å²) in [5, 5.41) is 2.57. The fourth-order valence-electron chi connectivity index (χ4n) is 5.17. The van der Waals surface area contributed by atoms with Gasteiger partial charge in [-0.2, -0.15) is 26.3 Å². The van der Waals surface area contributed by atoms with E-state index in [0.717, 1.165) is 37.2 Å². The largest absolute Gasteiger partial charge is 0.416 e. The Bertz CT molecular complexity index is 1360. The summed E-state index contributed by atoms with van der Waals surface area (Å²) in [6, 6.07) is 10.6. The Morgan fingerprint density at radius 2 is 1.51 bits per heavy atom. The average molecular weight is 579 g/mol. The number of aromatic nitrogens is 1. The molecule has 1 saturated heterocycles. The summed E-state index contributed by atoms with van der Waals surface area (Å²) in [7, 11) is 1.42. The van der Waals surface area contributed by atoms with Crippen LogP contribution in [-0.4, -0.2) is 55.6 Å². The van der Waals surface area contributed by atoms with Gasteiger partial charge in [-0.1, -0.05) is 31.2 Å². The molecule has 0 bridgehead atoms. The zero-order valence-electron chi connectivity index (χ0n) is 23.1. The molecule has 220 valence electrons. The Hall–Kier alpha value is -3.60. The van der Waals surface area contributed by atoms with Crippen molar-refractivity contribution in [3.63, 3.8) is 0 Å². The molecule has 4 rings (SSSR count). The molecule has 1 aromatic heterocycles. The molecule has 1 fully saturated rings. The van der Waals surface area contributed by atoms with Crippen molar-refractivity contribution >= 4 is 11.7 Å². The second-order valence-corrected chi connectivity index (χ2v) is 10.2. The van der Waals surface area contributed by atoms with Gasteiger partial charge in [-0.15, -0.1) is 0 Å². The predicted molar refractivity (Wildman–Crippen MR) is 146 cm³/mol. The molecule has 0 atom stereocenters. The Balaban J connectivity index is 1.91. The van der Waals surface area contributed by atoms with Crippen LogP contribution < -0.4 is 10.2 Å². The van der Waals surface area contributed by atoms with Gasteiger partial charge < -0.3 is 10.2 Å². The van der Waals surface area contributed by atoms with Crippen molar-refractivity contribution in [2.75, 3.05) is 44.7 Å². The summed E-state index contributed by atoms with van der Waals surface area (Å²) >= 11 is 0. The van der Waals surface area contributed by atoms with Crippen LogP contribution in [0, 0.1) is 6.92 Å². The minimum atomic E-state index is -4.99. The number of benzene rings is 2. The lowest BCUT2D eigenvalue weighted by molar-refractivity contribution is -0.143. The number of nitrogens with one attached hydrogen (secondary N) is 1. The van der Waals surface area contributed by atoms with Crippen LogP contribution in [0.3, 0.4) is 0 Å². The van der Waals surface area contributed by atoms with E-state index in [1.165, 1.54) is 7.05 Å². The quantitative estimate of drug-likeness (QED) is 0.322. The van der Waals surface area contributed by atoms with Crippen LogP contribution in [0.5, 0.6) is 0 Å². The van der Waals surface area contributed by atoms with E-state index < -0.39 is 35.8 Å². The van der Waals surface area contributed by atoms with Gasteiger partial charge in [0.1, 0.15) is 5.82 Å². The van der Waals surface area contributed by atoms with Crippen LogP contribution in [0.4, 0.5) is 32.2 Å². The Morgan fingerprint density at radius 1 is 0.902 bits per heavy atom. The number of nitrogens with zero attached hydrogens (tertiary/aromatic N) is 3. The topological polar surface area (TPSA) is 48.5 Å². The van der Waals surface area contributed by atoms with E-state index in [1.807, 2.05) is 36.1 Å². The molecule has 2 heterocycles. The van der Waals surface area contributed by atoms with Gasteiger partial charge >= 0.3 is 12.4 Å². The predicted octanol–water partition coefficient (Wildman–Crippen LogP) is 6.58. The molecule has 0 saturated carbocycles. The lowest BCUT2D eigenvalue weighted by Crippen LogP contribution is -2.47. The minimum Gasteiger partial charge on any atom is -0.355 e. The van der Waals surface area contributed by atoms with E-state index in [1.54, 1.807) is 6.07 Å². The van der Waals surface area contributed by atoms with Gasteiger partial charge in [0.15, 0.2) is 0 Å². The molecule has 1 aliphatic heterocycles. The molecule has 41 heavy (non-hydrogen) atoms. The molecular weight excluding hydrogens is 546 g/mol. The summed E-state index contributed by atoms with van der Waals surface area (Å²) in [5.74, 6) is -0.0156. The molecule has 0 unspecified atom stereocenters. The molecule has 2 aromatic carbocycles. The van der Waals surface area contributed by atoms with Crippen molar-refractivity contribution < 1.29 is 31.1 Å². The molecule has 11 heteroatoms. The minimum absolute atomic E-state index is 0.0988. The second-order valence-electron chi connectivity index (χ2n) is 10.2. The molecule has 1 N–H and O–H groups in total. The van der Waals surface area contributed by atoms with Gasteiger partial charge in [0.05, 0.1) is 22.4 Å². The lowest BCUT2D eigenvalue weighted by atomic mass is 9.92. The van der Waals surface area contributed by atoms with E-state index in [4.69, 9.17) is 4.98 Å². The van der Waals surface area contributed by atoms with Crippen molar-refractivity contribution in [2.24, 2.45) is 0 Å². The van der Waals surface area contributed by atoms with Crippen LogP contribution in [-0.2, 0) is 18.8 Å². The zero-order chi connectivity index (χ0) is 29.9. The fraction of sp³-hybridized carbons (Fsp3) is 0.400. The normalized spacial score (nSPS) is 14.8. The monoisotopic (exact) mass is 578 g/mol. The van der Waals surface area contributed by atoms with Crippen molar-refractivity contribution in [1.29, 1.82) is 0 Å². The van der Waals surface area contributed by atoms with E-state index in [0.29, 0.717) is 36.6 Å². The lowest BCUT2D eigenvalue weighted by Gasteiger charge is -2.36. The van der Waals surface area contributed by atoms with Gasteiger partial charge in [0.25, 0.3) is 5.91 Å². The third-order valence-corrected chi connectivity index (χ3v) is 7.23. The highest BCUT2D eigenvalue weighted by Crippen LogP contribution is 2.38. The number of carbonyl (C=O) groups excluding carboxylic acids is 1. The second kappa shape index (κ2) is 12.1. The third kappa shape index (κ3) is 7.01. The summed E-state index contributed by atoms with van der Waals surface area (Å²) in [6.07, 6.45) is -9.37. The van der Waals surface area contributed by atoms with Crippen molar-refractivity contribution in [3.8, 4) is 11.1 Å². The van der Waals surface area contributed by atoms with E-state index in [9.17, 15) is 31.1 Å². The molecule has 0 aliphatic carbocycles. The van der Waals surface area contributed by atoms with Crippen molar-refractivity contribution in [2.45, 2.75) is 39.0 Å². The SMILES string of the molecule is CCCN1CCN(c2cc(-c3ccccc3C)c(C(=O)NC)c(Cc3cc(C(F)(F)F)cc(C(F)(F)F)c3)n2)CC1. The molecule has 1 aliphatic rings. The van der Waals surface area contributed by atoms with E-state index in [-0.39, 0.29) is 22.9 Å². The van der Waals surface area contributed by atoms with Crippen LogP contribution >= 0.6 is 0 Å². The smallest absolute Gasteiger partial charge is 0.355 e. The number of carbonyl (C=O) groups is 1. The highest BCUT2D eigenvalue weighted by atomic mass is 19.4. The number of pyridine rings is 1. The summed E-state index contributed by atoms with van der Waals surface area (Å²) in [4.78, 5) is 22.3. The van der Waals surface area contributed by atoms with Gasteiger partial charge in [0.2, 0.25) is 0 Å². The van der Waals surface area contributed by atoms with Crippen molar-refractivity contribution in [3.05, 3.63) is 82.0 Å². The van der Waals surface area contributed by atoms with Crippen molar-refractivity contribution in [1.82, 2.24) is 15.2 Å². The average Bonchev–Trinajstić information content (AvgIpc) is 2.92. The Kier molecular flexibility index (Phi) is 8.96. The van der Waals surface area contributed by atoms with E-state index in [2.05, 4.69) is 17.1 Å². The Labute approximate surface area is 235 Å². The first-order chi connectivity index (χ1) is 19.3. The number of halogens is 6. The first-order valence-corrected chi connectivity index (χ1v) is 13.4. The number of hydrogen-bond donors (Lipinski definition) is 1.